The van der Waals surface area contributed by atoms with Gasteiger partial charge in [-0.1, -0.05) is 29.3 Å². The molecule has 0 bridgehead atoms. The fourth-order valence-corrected chi connectivity index (χ4v) is 4.15. The van der Waals surface area contributed by atoms with Gasteiger partial charge in [-0.25, -0.2) is 8.42 Å². The lowest BCUT2D eigenvalue weighted by atomic mass is 10.2. The van der Waals surface area contributed by atoms with Crippen molar-refractivity contribution in [2.24, 2.45) is 0 Å². The molecule has 7 nitrogen and oxygen atoms in total. The normalized spacial score (nSPS) is 11.3. The van der Waals surface area contributed by atoms with Crippen LogP contribution in [-0.2, 0) is 19.5 Å². The van der Waals surface area contributed by atoms with E-state index in [1.807, 2.05) is 0 Å². The summed E-state index contributed by atoms with van der Waals surface area (Å²) >= 11 is 11.9. The summed E-state index contributed by atoms with van der Waals surface area (Å²) in [5, 5.41) is 3.05. The van der Waals surface area contributed by atoms with Gasteiger partial charge in [-0.15, -0.1) is 0 Å². The molecule has 2 N–H and O–H groups in total. The van der Waals surface area contributed by atoms with E-state index in [4.69, 9.17) is 32.7 Å². The van der Waals surface area contributed by atoms with Gasteiger partial charge in [0.25, 0.3) is 15.9 Å². The molecule has 0 atom stereocenters. The maximum atomic E-state index is 12.6. The van der Waals surface area contributed by atoms with E-state index in [2.05, 4.69) is 10.0 Å². The average Bonchev–Trinajstić information content (AvgIpc) is 2.68. The Hall–Kier alpha value is -1.84. The van der Waals surface area contributed by atoms with Gasteiger partial charge in [-0.2, -0.15) is 0 Å². The van der Waals surface area contributed by atoms with Gasteiger partial charge in [-0.3, -0.25) is 9.52 Å². The van der Waals surface area contributed by atoms with E-state index in [0.29, 0.717) is 38.3 Å². The molecule has 0 radical (unpaired) electrons. The van der Waals surface area contributed by atoms with Crippen LogP contribution >= 0.6 is 23.2 Å². The molecule has 158 valence electrons. The molecular formula is C19H22Cl2N2O5S. The Labute approximate surface area is 180 Å². The number of methoxy groups -OCH3 is 1. The molecule has 0 fully saturated rings. The van der Waals surface area contributed by atoms with Crippen molar-refractivity contribution in [1.29, 1.82) is 0 Å². The minimum atomic E-state index is -3.97. The lowest BCUT2D eigenvalue weighted by Crippen LogP contribution is -2.25. The van der Waals surface area contributed by atoms with Gasteiger partial charge >= 0.3 is 0 Å². The Morgan fingerprint density at radius 2 is 1.86 bits per heavy atom. The van der Waals surface area contributed by atoms with Gasteiger partial charge in [0.1, 0.15) is 4.90 Å². The summed E-state index contributed by atoms with van der Waals surface area (Å²) in [6.45, 7) is 1.96. The molecule has 0 saturated heterocycles. The summed E-state index contributed by atoms with van der Waals surface area (Å²) < 4.78 is 37.8. The van der Waals surface area contributed by atoms with Crippen molar-refractivity contribution < 1.29 is 22.7 Å². The summed E-state index contributed by atoms with van der Waals surface area (Å²) in [6.07, 6.45) is 0.648. The Morgan fingerprint density at radius 1 is 1.07 bits per heavy atom. The van der Waals surface area contributed by atoms with Crippen LogP contribution in [0.25, 0.3) is 0 Å². The molecule has 10 heteroatoms. The molecule has 0 aliphatic carbocycles. The first-order valence-corrected chi connectivity index (χ1v) is 11.0. The molecule has 0 heterocycles. The standard InChI is InChI=1S/C19H22Cl2N2O5S/c1-27-10-11-28-9-3-8-22-19(24)14-4-2-5-16(12-14)23-29(25,26)18-13-15(20)6-7-17(18)21/h2,4-7,12-13,23H,3,8-11H2,1H3,(H,22,24). The molecule has 0 unspecified atom stereocenters. The number of amides is 1. The highest BCUT2D eigenvalue weighted by atomic mass is 35.5. The van der Waals surface area contributed by atoms with Crippen molar-refractivity contribution in [3.05, 3.63) is 58.1 Å². The van der Waals surface area contributed by atoms with E-state index in [1.54, 1.807) is 19.2 Å². The molecule has 0 aromatic heterocycles. The molecule has 0 aliphatic rings. The van der Waals surface area contributed by atoms with Crippen LogP contribution < -0.4 is 10.0 Å². The molecule has 0 spiro atoms. The molecule has 2 aromatic rings. The first-order chi connectivity index (χ1) is 13.8. The Morgan fingerprint density at radius 3 is 2.62 bits per heavy atom. The van der Waals surface area contributed by atoms with E-state index in [0.717, 1.165) is 0 Å². The smallest absolute Gasteiger partial charge is 0.263 e. The van der Waals surface area contributed by atoms with Crippen molar-refractivity contribution in [3.8, 4) is 0 Å². The second-order valence-corrected chi connectivity index (χ2v) is 8.47. The highest BCUT2D eigenvalue weighted by Gasteiger charge is 2.19. The van der Waals surface area contributed by atoms with E-state index >= 15 is 0 Å². The largest absolute Gasteiger partial charge is 0.382 e. The first kappa shape index (κ1) is 23.4. The Kier molecular flexibility index (Phi) is 9.19. The minimum Gasteiger partial charge on any atom is -0.382 e. The fourth-order valence-electron chi connectivity index (χ4n) is 2.34. The summed E-state index contributed by atoms with van der Waals surface area (Å²) in [5.41, 5.74) is 0.555. The van der Waals surface area contributed by atoms with E-state index < -0.39 is 10.0 Å². The number of carbonyl (C=O) groups excluding carboxylic acids is 1. The molecule has 2 rings (SSSR count). The van der Waals surface area contributed by atoms with Crippen molar-refractivity contribution in [1.82, 2.24) is 5.32 Å². The molecule has 2 aromatic carbocycles. The average molecular weight is 461 g/mol. The first-order valence-electron chi connectivity index (χ1n) is 8.76. The van der Waals surface area contributed by atoms with Crippen LogP contribution in [0.3, 0.4) is 0 Å². The van der Waals surface area contributed by atoms with E-state index in [9.17, 15) is 13.2 Å². The van der Waals surface area contributed by atoms with Gasteiger partial charge in [0.05, 0.1) is 18.2 Å². The molecule has 1 amide bonds. The topological polar surface area (TPSA) is 93.7 Å². The Bertz CT molecular complexity index is 938. The lowest BCUT2D eigenvalue weighted by Gasteiger charge is -2.11. The number of hydrogen-bond donors (Lipinski definition) is 2. The number of anilines is 1. The van der Waals surface area contributed by atoms with Gasteiger partial charge < -0.3 is 14.8 Å². The third-order valence-electron chi connectivity index (χ3n) is 3.74. The SMILES string of the molecule is COCCOCCCNC(=O)c1cccc(NS(=O)(=O)c2cc(Cl)ccc2Cl)c1. The van der Waals surface area contributed by atoms with Gasteiger partial charge in [0.15, 0.2) is 0 Å². The van der Waals surface area contributed by atoms with Crippen LogP contribution in [-0.4, -0.2) is 47.8 Å². The number of sulfonamides is 1. The van der Waals surface area contributed by atoms with Gasteiger partial charge in [0, 0.05) is 36.5 Å². The van der Waals surface area contributed by atoms with Crippen molar-refractivity contribution in [2.75, 3.05) is 38.2 Å². The second-order valence-electron chi connectivity index (χ2n) is 5.98. The molecule has 0 aliphatic heterocycles. The number of ether oxygens (including phenoxy) is 2. The number of benzene rings is 2. The molecule has 29 heavy (non-hydrogen) atoms. The zero-order valence-electron chi connectivity index (χ0n) is 15.8. The lowest BCUT2D eigenvalue weighted by molar-refractivity contribution is 0.0688. The minimum absolute atomic E-state index is 0.0449. The van der Waals surface area contributed by atoms with Crippen molar-refractivity contribution >= 4 is 44.8 Å². The quantitative estimate of drug-likeness (QED) is 0.499. The molecule has 0 saturated carbocycles. The van der Waals surface area contributed by atoms with E-state index in [-0.39, 0.29) is 26.5 Å². The maximum absolute atomic E-state index is 12.6. The third kappa shape index (κ3) is 7.49. The number of hydrogen-bond acceptors (Lipinski definition) is 5. The van der Waals surface area contributed by atoms with Crippen LogP contribution in [0.4, 0.5) is 5.69 Å². The Balaban J connectivity index is 1.96. The predicted octanol–water partition coefficient (Wildman–Crippen LogP) is 3.58. The monoisotopic (exact) mass is 460 g/mol. The highest BCUT2D eigenvalue weighted by Crippen LogP contribution is 2.27. The van der Waals surface area contributed by atoms with Crippen LogP contribution in [0.15, 0.2) is 47.4 Å². The number of halogens is 2. The zero-order chi connectivity index (χ0) is 21.3. The number of rotatable bonds is 11. The summed E-state index contributed by atoms with van der Waals surface area (Å²) in [4.78, 5) is 12.1. The summed E-state index contributed by atoms with van der Waals surface area (Å²) in [5.74, 6) is -0.316. The van der Waals surface area contributed by atoms with Gasteiger partial charge in [-0.05, 0) is 42.8 Å². The van der Waals surface area contributed by atoms with Crippen LogP contribution in [0.1, 0.15) is 16.8 Å². The zero-order valence-corrected chi connectivity index (χ0v) is 18.1. The predicted molar refractivity (Wildman–Crippen MR) is 113 cm³/mol. The van der Waals surface area contributed by atoms with Crippen LogP contribution in [0.5, 0.6) is 0 Å². The number of nitrogens with one attached hydrogen (secondary N) is 2. The third-order valence-corrected chi connectivity index (χ3v) is 5.84. The maximum Gasteiger partial charge on any atom is 0.263 e. The van der Waals surface area contributed by atoms with Gasteiger partial charge in [0.2, 0.25) is 0 Å². The van der Waals surface area contributed by atoms with Crippen molar-refractivity contribution in [3.63, 3.8) is 0 Å². The second kappa shape index (κ2) is 11.4. The fraction of sp³-hybridized carbons (Fsp3) is 0.316. The van der Waals surface area contributed by atoms with Crippen LogP contribution in [0, 0.1) is 0 Å². The van der Waals surface area contributed by atoms with E-state index in [1.165, 1.54) is 30.3 Å². The summed E-state index contributed by atoms with van der Waals surface area (Å²) in [7, 11) is -2.37. The molecular weight excluding hydrogens is 439 g/mol. The number of carbonyl (C=O) groups is 1. The van der Waals surface area contributed by atoms with Crippen LogP contribution in [0.2, 0.25) is 10.0 Å². The van der Waals surface area contributed by atoms with Crippen molar-refractivity contribution in [2.45, 2.75) is 11.3 Å². The summed E-state index contributed by atoms with van der Waals surface area (Å²) in [6, 6.07) is 10.3. The highest BCUT2D eigenvalue weighted by molar-refractivity contribution is 7.92.